The van der Waals surface area contributed by atoms with Gasteiger partial charge in [0.2, 0.25) is 0 Å². The summed E-state index contributed by atoms with van der Waals surface area (Å²) in [6.45, 7) is 4.32. The Hall–Kier alpha value is -0.300. The highest BCUT2D eigenvalue weighted by atomic mass is 32.2. The van der Waals surface area contributed by atoms with Gasteiger partial charge in [0, 0.05) is 17.7 Å². The van der Waals surface area contributed by atoms with Crippen LogP contribution in [0.15, 0.2) is 4.99 Å². The molecule has 0 radical (unpaired) electrons. The van der Waals surface area contributed by atoms with Crippen LogP contribution in [0, 0.1) is 5.92 Å². The maximum atomic E-state index is 10.1. The second-order valence-corrected chi connectivity index (χ2v) is 5.96. The number of aliphatic hydroxyl groups is 3. The van der Waals surface area contributed by atoms with Crippen molar-refractivity contribution in [1.82, 2.24) is 5.32 Å². The number of nitrogens with one attached hydrogen (secondary N) is 1. The average Bonchev–Trinajstić information content (AvgIpc) is 2.66. The molecule has 0 amide bonds. The normalized spacial score (nSPS) is 45.5. The second kappa shape index (κ2) is 5.14. The van der Waals surface area contributed by atoms with E-state index in [9.17, 15) is 15.3 Å². The molecule has 0 aromatic heterocycles. The SMILES string of the molecule is CCN=C1NC2C(CC(C(C)O)C(O)C2O)S1. The number of rotatable bonds is 2. The van der Waals surface area contributed by atoms with Crippen LogP contribution < -0.4 is 5.32 Å². The minimum atomic E-state index is -0.870. The molecule has 0 spiro atoms. The summed E-state index contributed by atoms with van der Waals surface area (Å²) in [6, 6.07) is -0.157. The molecule has 0 bridgehead atoms. The van der Waals surface area contributed by atoms with Gasteiger partial charge in [0.05, 0.1) is 18.2 Å². The lowest BCUT2D eigenvalue weighted by Gasteiger charge is -2.40. The van der Waals surface area contributed by atoms with Crippen LogP contribution in [0.2, 0.25) is 0 Å². The van der Waals surface area contributed by atoms with Crippen molar-refractivity contribution >= 4 is 16.9 Å². The lowest BCUT2D eigenvalue weighted by Crippen LogP contribution is -2.57. The number of nitrogens with zero attached hydrogens (tertiary/aromatic N) is 1. The molecule has 98 valence electrons. The van der Waals surface area contributed by atoms with Gasteiger partial charge in [-0.2, -0.15) is 0 Å². The fourth-order valence-electron chi connectivity index (χ4n) is 2.57. The third kappa shape index (κ3) is 2.45. The number of aliphatic imine (C=N–C) groups is 1. The second-order valence-electron chi connectivity index (χ2n) is 4.73. The zero-order chi connectivity index (χ0) is 12.6. The lowest BCUT2D eigenvalue weighted by atomic mass is 9.78. The average molecular weight is 260 g/mol. The number of fused-ring (bicyclic) bond motifs is 1. The highest BCUT2D eigenvalue weighted by Gasteiger charge is 2.48. The zero-order valence-electron chi connectivity index (χ0n) is 10.1. The van der Waals surface area contributed by atoms with E-state index in [4.69, 9.17) is 0 Å². The minimum absolute atomic E-state index is 0.157. The first-order valence-corrected chi connectivity index (χ1v) is 6.94. The van der Waals surface area contributed by atoms with E-state index in [1.807, 2.05) is 6.92 Å². The summed E-state index contributed by atoms with van der Waals surface area (Å²) in [5.41, 5.74) is 0. The van der Waals surface area contributed by atoms with Crippen molar-refractivity contribution in [3.05, 3.63) is 0 Å². The predicted octanol–water partition coefficient (Wildman–Crippen LogP) is -0.442. The van der Waals surface area contributed by atoms with Gasteiger partial charge in [0.15, 0.2) is 5.17 Å². The van der Waals surface area contributed by atoms with E-state index in [0.717, 1.165) is 5.17 Å². The first-order valence-electron chi connectivity index (χ1n) is 6.06. The largest absolute Gasteiger partial charge is 0.393 e. The van der Waals surface area contributed by atoms with Crippen molar-refractivity contribution in [3.63, 3.8) is 0 Å². The molecule has 17 heavy (non-hydrogen) atoms. The Kier molecular flexibility index (Phi) is 3.97. The molecular formula is C11H20N2O3S. The van der Waals surface area contributed by atoms with Gasteiger partial charge in [0.25, 0.3) is 0 Å². The molecule has 1 heterocycles. The maximum absolute atomic E-state index is 10.1. The van der Waals surface area contributed by atoms with Gasteiger partial charge < -0.3 is 20.6 Å². The molecular weight excluding hydrogens is 240 g/mol. The molecule has 1 saturated heterocycles. The molecule has 1 aliphatic carbocycles. The van der Waals surface area contributed by atoms with Crippen molar-refractivity contribution in [2.75, 3.05) is 6.54 Å². The smallest absolute Gasteiger partial charge is 0.157 e. The Morgan fingerprint density at radius 1 is 1.47 bits per heavy atom. The van der Waals surface area contributed by atoms with Crippen molar-refractivity contribution in [3.8, 4) is 0 Å². The molecule has 4 N–H and O–H groups in total. The van der Waals surface area contributed by atoms with Crippen LogP contribution in [-0.4, -0.2) is 56.6 Å². The Morgan fingerprint density at radius 2 is 2.18 bits per heavy atom. The van der Waals surface area contributed by atoms with Gasteiger partial charge in [-0.3, -0.25) is 4.99 Å². The van der Waals surface area contributed by atoms with E-state index < -0.39 is 18.3 Å². The molecule has 2 aliphatic rings. The minimum Gasteiger partial charge on any atom is -0.393 e. The quantitative estimate of drug-likeness (QED) is 0.541. The number of amidine groups is 1. The topological polar surface area (TPSA) is 85.1 Å². The van der Waals surface area contributed by atoms with Crippen molar-refractivity contribution in [2.45, 2.75) is 49.9 Å². The fourth-order valence-corrected chi connectivity index (χ4v) is 3.96. The highest BCUT2D eigenvalue weighted by molar-refractivity contribution is 8.14. The Labute approximate surface area is 105 Å². The standard InChI is InChI=1S/C11H20N2O3S/c1-3-12-11-13-8-7(17-11)4-6(5(2)14)9(15)10(8)16/h5-10,14-16H,3-4H2,1-2H3,(H,12,13). The molecule has 2 rings (SSSR count). The van der Waals surface area contributed by atoms with Crippen LogP contribution in [0.25, 0.3) is 0 Å². The number of thioether (sulfide) groups is 1. The van der Waals surface area contributed by atoms with Gasteiger partial charge in [-0.1, -0.05) is 11.8 Å². The maximum Gasteiger partial charge on any atom is 0.157 e. The van der Waals surface area contributed by atoms with Crippen molar-refractivity contribution in [2.24, 2.45) is 10.9 Å². The Balaban J connectivity index is 2.12. The van der Waals surface area contributed by atoms with Gasteiger partial charge in [-0.25, -0.2) is 0 Å². The summed E-state index contributed by atoms with van der Waals surface area (Å²) >= 11 is 1.60. The molecule has 1 saturated carbocycles. The third-order valence-electron chi connectivity index (χ3n) is 3.54. The monoisotopic (exact) mass is 260 g/mol. The summed E-state index contributed by atoms with van der Waals surface area (Å²) in [5, 5.41) is 33.8. The summed E-state index contributed by atoms with van der Waals surface area (Å²) < 4.78 is 0. The van der Waals surface area contributed by atoms with E-state index in [1.54, 1.807) is 18.7 Å². The van der Waals surface area contributed by atoms with Crippen LogP contribution in [0.5, 0.6) is 0 Å². The molecule has 1 aliphatic heterocycles. The molecule has 6 atom stereocenters. The van der Waals surface area contributed by atoms with E-state index in [1.165, 1.54) is 0 Å². The van der Waals surface area contributed by atoms with E-state index in [-0.39, 0.29) is 17.2 Å². The molecule has 5 nitrogen and oxygen atoms in total. The zero-order valence-corrected chi connectivity index (χ0v) is 10.9. The lowest BCUT2D eigenvalue weighted by molar-refractivity contribution is -0.0864. The molecule has 6 heteroatoms. The van der Waals surface area contributed by atoms with Crippen LogP contribution in [0.3, 0.4) is 0 Å². The van der Waals surface area contributed by atoms with Crippen LogP contribution >= 0.6 is 11.8 Å². The van der Waals surface area contributed by atoms with Crippen molar-refractivity contribution < 1.29 is 15.3 Å². The first kappa shape index (κ1) is 13.1. The van der Waals surface area contributed by atoms with Crippen LogP contribution in [0.4, 0.5) is 0 Å². The summed E-state index contributed by atoms with van der Waals surface area (Å²) in [5.74, 6) is -0.262. The first-order chi connectivity index (χ1) is 8.04. The Bertz CT molecular complexity index is 311. The number of aliphatic hydroxyl groups excluding tert-OH is 3. The molecule has 2 fully saturated rings. The summed E-state index contributed by atoms with van der Waals surface area (Å²) in [4.78, 5) is 4.29. The predicted molar refractivity (Wildman–Crippen MR) is 68.1 cm³/mol. The van der Waals surface area contributed by atoms with Crippen molar-refractivity contribution in [1.29, 1.82) is 0 Å². The van der Waals surface area contributed by atoms with Gasteiger partial charge in [0.1, 0.15) is 6.10 Å². The van der Waals surface area contributed by atoms with E-state index >= 15 is 0 Å². The summed E-state index contributed by atoms with van der Waals surface area (Å²) in [6.07, 6.45) is -1.62. The third-order valence-corrected chi connectivity index (χ3v) is 4.79. The van der Waals surface area contributed by atoms with Gasteiger partial charge >= 0.3 is 0 Å². The molecule has 0 aromatic rings. The fraction of sp³-hybridized carbons (Fsp3) is 0.909. The van der Waals surface area contributed by atoms with E-state index in [2.05, 4.69) is 10.3 Å². The highest BCUT2D eigenvalue weighted by Crippen LogP contribution is 2.38. The van der Waals surface area contributed by atoms with Crippen LogP contribution in [0.1, 0.15) is 20.3 Å². The summed E-state index contributed by atoms with van der Waals surface area (Å²) in [7, 11) is 0. The number of hydrogen-bond donors (Lipinski definition) is 4. The number of hydrogen-bond acceptors (Lipinski definition) is 5. The molecule has 6 unspecified atom stereocenters. The van der Waals surface area contributed by atoms with Gasteiger partial charge in [-0.15, -0.1) is 0 Å². The van der Waals surface area contributed by atoms with Gasteiger partial charge in [-0.05, 0) is 20.3 Å². The Morgan fingerprint density at radius 3 is 2.76 bits per heavy atom. The van der Waals surface area contributed by atoms with Crippen LogP contribution in [-0.2, 0) is 0 Å². The van der Waals surface area contributed by atoms with E-state index in [0.29, 0.717) is 13.0 Å². The molecule has 0 aromatic carbocycles.